The van der Waals surface area contributed by atoms with Crippen molar-refractivity contribution in [3.05, 3.63) is 30.1 Å². The van der Waals surface area contributed by atoms with Crippen LogP contribution in [-0.2, 0) is 4.79 Å². The van der Waals surface area contributed by atoms with Crippen LogP contribution in [0.3, 0.4) is 0 Å². The van der Waals surface area contributed by atoms with Gasteiger partial charge in [-0.2, -0.15) is 0 Å². The zero-order valence-electron chi connectivity index (χ0n) is 14.2. The molecule has 1 aliphatic heterocycles. The maximum absolute atomic E-state index is 13.0. The van der Waals surface area contributed by atoms with Gasteiger partial charge in [-0.25, -0.2) is 4.39 Å². The van der Waals surface area contributed by atoms with Gasteiger partial charge in [0.15, 0.2) is 5.96 Å². The Bertz CT molecular complexity index is 553. The molecule has 1 amide bonds. The third-order valence-electron chi connectivity index (χ3n) is 3.98. The number of halogens is 1. The van der Waals surface area contributed by atoms with Crippen LogP contribution in [0.25, 0.3) is 0 Å². The van der Waals surface area contributed by atoms with Gasteiger partial charge < -0.3 is 20.9 Å². The minimum atomic E-state index is -0.225. The van der Waals surface area contributed by atoms with Crippen LogP contribution >= 0.6 is 0 Å². The van der Waals surface area contributed by atoms with E-state index in [1.807, 2.05) is 11.8 Å². The topological polar surface area (TPSA) is 74.0 Å². The van der Waals surface area contributed by atoms with Crippen LogP contribution in [0.1, 0.15) is 19.8 Å². The number of anilines is 1. The highest BCUT2D eigenvalue weighted by Crippen LogP contribution is 2.16. The molecule has 0 aromatic heterocycles. The molecule has 0 unspecified atom stereocenters. The number of carbonyl (C=O) groups excluding carboxylic acids is 1. The monoisotopic (exact) mass is 335 g/mol. The Hall–Kier alpha value is -2.31. The molecule has 0 saturated carbocycles. The van der Waals surface area contributed by atoms with Gasteiger partial charge >= 0.3 is 0 Å². The van der Waals surface area contributed by atoms with Gasteiger partial charge in [0.2, 0.25) is 5.91 Å². The number of piperazine rings is 1. The molecule has 0 radical (unpaired) electrons. The number of rotatable bonds is 6. The van der Waals surface area contributed by atoms with E-state index in [4.69, 9.17) is 5.73 Å². The molecule has 6 nitrogen and oxygen atoms in total. The SMILES string of the molecule is CCCNC(=O)CCN=C(N)N1CCN(c2ccc(F)cc2)CC1. The highest BCUT2D eigenvalue weighted by atomic mass is 19.1. The first-order chi connectivity index (χ1) is 11.6. The summed E-state index contributed by atoms with van der Waals surface area (Å²) in [4.78, 5) is 20.0. The molecule has 0 atom stereocenters. The van der Waals surface area contributed by atoms with Crippen molar-refractivity contribution in [3.8, 4) is 0 Å². The van der Waals surface area contributed by atoms with E-state index >= 15 is 0 Å². The normalized spacial score (nSPS) is 15.5. The van der Waals surface area contributed by atoms with E-state index in [1.54, 1.807) is 12.1 Å². The Morgan fingerprint density at radius 1 is 1.25 bits per heavy atom. The van der Waals surface area contributed by atoms with Gasteiger partial charge in [0.1, 0.15) is 5.82 Å². The number of benzene rings is 1. The number of amides is 1. The number of nitrogens with zero attached hydrogens (tertiary/aromatic N) is 3. The molecular weight excluding hydrogens is 309 g/mol. The van der Waals surface area contributed by atoms with Gasteiger partial charge in [-0.05, 0) is 30.7 Å². The summed E-state index contributed by atoms with van der Waals surface area (Å²) in [5.41, 5.74) is 7.03. The van der Waals surface area contributed by atoms with Crippen LogP contribution in [-0.4, -0.2) is 56.0 Å². The molecule has 1 fully saturated rings. The van der Waals surface area contributed by atoms with Crippen molar-refractivity contribution in [2.45, 2.75) is 19.8 Å². The van der Waals surface area contributed by atoms with Crippen molar-refractivity contribution in [1.29, 1.82) is 0 Å². The summed E-state index contributed by atoms with van der Waals surface area (Å²) in [7, 11) is 0. The number of guanidine groups is 1. The summed E-state index contributed by atoms with van der Waals surface area (Å²) >= 11 is 0. The highest BCUT2D eigenvalue weighted by Gasteiger charge is 2.18. The largest absolute Gasteiger partial charge is 0.370 e. The minimum Gasteiger partial charge on any atom is -0.370 e. The van der Waals surface area contributed by atoms with Crippen LogP contribution in [0, 0.1) is 5.82 Å². The first kappa shape index (κ1) is 18.0. The summed E-state index contributed by atoms with van der Waals surface area (Å²) in [5, 5.41) is 2.82. The van der Waals surface area contributed by atoms with Gasteiger partial charge in [0, 0.05) is 44.8 Å². The van der Waals surface area contributed by atoms with Crippen molar-refractivity contribution in [2.24, 2.45) is 10.7 Å². The number of nitrogens with two attached hydrogens (primary N) is 1. The molecule has 1 saturated heterocycles. The van der Waals surface area contributed by atoms with Crippen LogP contribution in [0.5, 0.6) is 0 Å². The van der Waals surface area contributed by atoms with Gasteiger partial charge in [0.05, 0.1) is 6.54 Å². The van der Waals surface area contributed by atoms with E-state index in [0.717, 1.165) is 38.3 Å². The molecule has 1 heterocycles. The zero-order chi connectivity index (χ0) is 17.4. The van der Waals surface area contributed by atoms with Crippen molar-refractivity contribution in [2.75, 3.05) is 44.2 Å². The molecule has 3 N–H and O–H groups in total. The second kappa shape index (κ2) is 9.10. The average molecular weight is 335 g/mol. The molecule has 1 aromatic rings. The van der Waals surface area contributed by atoms with Crippen LogP contribution in [0.15, 0.2) is 29.3 Å². The Morgan fingerprint density at radius 3 is 2.54 bits per heavy atom. The first-order valence-corrected chi connectivity index (χ1v) is 8.42. The maximum Gasteiger partial charge on any atom is 0.221 e. The molecule has 7 heteroatoms. The molecule has 132 valence electrons. The molecule has 2 rings (SSSR count). The molecule has 0 aliphatic carbocycles. The number of nitrogens with one attached hydrogen (secondary N) is 1. The number of carbonyl (C=O) groups is 1. The lowest BCUT2D eigenvalue weighted by Gasteiger charge is -2.36. The van der Waals surface area contributed by atoms with E-state index in [9.17, 15) is 9.18 Å². The molecule has 0 spiro atoms. The quantitative estimate of drug-likeness (QED) is 0.605. The van der Waals surface area contributed by atoms with Gasteiger partial charge in [-0.1, -0.05) is 6.92 Å². The Kier molecular flexibility index (Phi) is 6.84. The highest BCUT2D eigenvalue weighted by molar-refractivity contribution is 5.79. The number of hydrogen-bond donors (Lipinski definition) is 2. The smallest absolute Gasteiger partial charge is 0.221 e. The van der Waals surface area contributed by atoms with Gasteiger partial charge in [-0.3, -0.25) is 9.79 Å². The van der Waals surface area contributed by atoms with E-state index in [1.165, 1.54) is 12.1 Å². The standard InChI is InChI=1S/C17H26FN5O/c1-2-8-20-16(24)7-9-21-17(19)23-12-10-22(11-13-23)15-5-3-14(18)4-6-15/h3-6H,2,7-13H2,1H3,(H2,19,21)(H,20,24). The molecular formula is C17H26FN5O. The number of hydrogen-bond acceptors (Lipinski definition) is 3. The van der Waals surface area contributed by atoms with Crippen molar-refractivity contribution < 1.29 is 9.18 Å². The molecule has 1 aliphatic rings. The first-order valence-electron chi connectivity index (χ1n) is 8.42. The summed E-state index contributed by atoms with van der Waals surface area (Å²) in [5.74, 6) is 0.267. The summed E-state index contributed by atoms with van der Waals surface area (Å²) in [6.07, 6.45) is 1.28. The Morgan fingerprint density at radius 2 is 1.92 bits per heavy atom. The van der Waals surface area contributed by atoms with E-state index in [2.05, 4.69) is 15.2 Å². The fourth-order valence-corrected chi connectivity index (χ4v) is 2.57. The number of aliphatic imine (C=N–C) groups is 1. The Balaban J connectivity index is 1.75. The Labute approximate surface area is 142 Å². The lowest BCUT2D eigenvalue weighted by molar-refractivity contribution is -0.120. The van der Waals surface area contributed by atoms with Crippen molar-refractivity contribution in [1.82, 2.24) is 10.2 Å². The summed E-state index contributed by atoms with van der Waals surface area (Å²) < 4.78 is 13.0. The second-order valence-electron chi connectivity index (χ2n) is 5.79. The van der Waals surface area contributed by atoms with E-state index in [-0.39, 0.29) is 11.7 Å². The van der Waals surface area contributed by atoms with Crippen LogP contribution < -0.4 is 16.0 Å². The average Bonchev–Trinajstić information content (AvgIpc) is 2.60. The summed E-state index contributed by atoms with van der Waals surface area (Å²) in [6.45, 7) is 6.24. The third kappa shape index (κ3) is 5.40. The summed E-state index contributed by atoms with van der Waals surface area (Å²) in [6, 6.07) is 6.52. The zero-order valence-corrected chi connectivity index (χ0v) is 14.2. The predicted molar refractivity (Wildman–Crippen MR) is 94.6 cm³/mol. The predicted octanol–water partition coefficient (Wildman–Crippen LogP) is 1.18. The van der Waals surface area contributed by atoms with E-state index < -0.39 is 0 Å². The molecule has 0 bridgehead atoms. The third-order valence-corrected chi connectivity index (χ3v) is 3.98. The van der Waals surface area contributed by atoms with Crippen molar-refractivity contribution >= 4 is 17.6 Å². The van der Waals surface area contributed by atoms with Gasteiger partial charge in [-0.15, -0.1) is 0 Å². The second-order valence-corrected chi connectivity index (χ2v) is 5.79. The van der Waals surface area contributed by atoms with E-state index in [0.29, 0.717) is 25.5 Å². The molecule has 24 heavy (non-hydrogen) atoms. The minimum absolute atomic E-state index is 0.00882. The fourth-order valence-electron chi connectivity index (χ4n) is 2.57. The fraction of sp³-hybridized carbons (Fsp3) is 0.529. The lowest BCUT2D eigenvalue weighted by atomic mass is 10.2. The molecule has 1 aromatic carbocycles. The lowest BCUT2D eigenvalue weighted by Crippen LogP contribution is -2.51. The maximum atomic E-state index is 13.0. The van der Waals surface area contributed by atoms with Crippen LogP contribution in [0.2, 0.25) is 0 Å². The van der Waals surface area contributed by atoms with Gasteiger partial charge in [0.25, 0.3) is 0 Å². The van der Waals surface area contributed by atoms with Crippen LogP contribution in [0.4, 0.5) is 10.1 Å². The van der Waals surface area contributed by atoms with Crippen molar-refractivity contribution in [3.63, 3.8) is 0 Å².